The van der Waals surface area contributed by atoms with Gasteiger partial charge in [0.25, 0.3) is 11.4 Å². The van der Waals surface area contributed by atoms with Crippen molar-refractivity contribution in [1.29, 1.82) is 5.26 Å². The zero-order valence-electron chi connectivity index (χ0n) is 14.0. The number of benzene rings is 2. The van der Waals surface area contributed by atoms with Gasteiger partial charge < -0.3 is 4.42 Å². The van der Waals surface area contributed by atoms with E-state index in [2.05, 4.69) is 0 Å². The standard InChI is InChI=1S/C19H10ClN3O5/c20-14-4-6-17(18(10-14)23(26)27)19-7-5-16(28-19)9-13(11-21)12-2-1-3-15(8-12)22(24)25/h1-10H. The maximum atomic E-state index is 11.2. The van der Waals surface area contributed by atoms with Crippen LogP contribution in [0.25, 0.3) is 23.0 Å². The van der Waals surface area contributed by atoms with E-state index in [0.717, 1.165) is 0 Å². The summed E-state index contributed by atoms with van der Waals surface area (Å²) in [6.45, 7) is 0. The molecule has 3 rings (SSSR count). The number of allylic oxidation sites excluding steroid dienone is 1. The summed E-state index contributed by atoms with van der Waals surface area (Å²) in [7, 11) is 0. The van der Waals surface area contributed by atoms with Crippen LogP contribution in [0.2, 0.25) is 5.02 Å². The fourth-order valence-electron chi connectivity index (χ4n) is 2.55. The molecule has 138 valence electrons. The smallest absolute Gasteiger partial charge is 0.281 e. The van der Waals surface area contributed by atoms with Gasteiger partial charge in [0.05, 0.1) is 27.1 Å². The molecule has 0 aliphatic rings. The lowest BCUT2D eigenvalue weighted by Gasteiger charge is -2.01. The molecular formula is C19H10ClN3O5. The molecule has 0 amide bonds. The summed E-state index contributed by atoms with van der Waals surface area (Å²) in [5, 5.41) is 31.8. The van der Waals surface area contributed by atoms with Crippen molar-refractivity contribution in [2.24, 2.45) is 0 Å². The van der Waals surface area contributed by atoms with Crippen LogP contribution in [0.4, 0.5) is 11.4 Å². The first kappa shape index (κ1) is 18.8. The molecule has 0 spiro atoms. The van der Waals surface area contributed by atoms with Crippen molar-refractivity contribution in [3.63, 3.8) is 0 Å². The molecule has 0 bridgehead atoms. The maximum absolute atomic E-state index is 11.2. The van der Waals surface area contributed by atoms with Crippen molar-refractivity contribution in [1.82, 2.24) is 0 Å². The molecule has 3 aromatic rings. The Morgan fingerprint density at radius 1 is 1.07 bits per heavy atom. The normalized spacial score (nSPS) is 11.1. The molecule has 1 heterocycles. The number of nitrogens with zero attached hydrogens (tertiary/aromatic N) is 3. The highest BCUT2D eigenvalue weighted by Crippen LogP contribution is 2.34. The molecule has 28 heavy (non-hydrogen) atoms. The number of nitriles is 1. The van der Waals surface area contributed by atoms with E-state index in [1.54, 1.807) is 12.1 Å². The van der Waals surface area contributed by atoms with Gasteiger partial charge in [0.15, 0.2) is 0 Å². The first-order valence-corrected chi connectivity index (χ1v) is 8.17. The van der Waals surface area contributed by atoms with E-state index < -0.39 is 9.85 Å². The van der Waals surface area contributed by atoms with Crippen LogP contribution in [0.3, 0.4) is 0 Å². The average molecular weight is 396 g/mol. The molecule has 0 atom stereocenters. The second kappa shape index (κ2) is 7.73. The number of nitro benzene ring substituents is 2. The minimum absolute atomic E-state index is 0.143. The predicted octanol–water partition coefficient (Wildman–Crippen LogP) is 5.48. The molecule has 9 heteroatoms. The third-order valence-corrected chi connectivity index (χ3v) is 4.06. The van der Waals surface area contributed by atoms with Gasteiger partial charge in [-0.15, -0.1) is 0 Å². The number of hydrogen-bond acceptors (Lipinski definition) is 6. The highest BCUT2D eigenvalue weighted by Gasteiger charge is 2.19. The third-order valence-electron chi connectivity index (χ3n) is 3.82. The Labute approximate surface area is 163 Å². The summed E-state index contributed by atoms with van der Waals surface area (Å²) in [5.74, 6) is 0.494. The molecule has 8 nitrogen and oxygen atoms in total. The van der Waals surface area contributed by atoms with Gasteiger partial charge in [0.2, 0.25) is 0 Å². The number of nitro groups is 2. The molecule has 2 aromatic carbocycles. The second-order valence-corrected chi connectivity index (χ2v) is 6.03. The third kappa shape index (κ3) is 3.90. The Morgan fingerprint density at radius 2 is 1.86 bits per heavy atom. The fraction of sp³-hybridized carbons (Fsp3) is 0. The lowest BCUT2D eigenvalue weighted by atomic mass is 10.1. The van der Waals surface area contributed by atoms with E-state index in [-0.39, 0.29) is 39.1 Å². The summed E-state index contributed by atoms with van der Waals surface area (Å²) < 4.78 is 5.62. The number of furan rings is 1. The first-order valence-electron chi connectivity index (χ1n) is 7.80. The Morgan fingerprint density at radius 3 is 2.54 bits per heavy atom. The quantitative estimate of drug-likeness (QED) is 0.320. The molecule has 0 fully saturated rings. The van der Waals surface area contributed by atoms with Crippen LogP contribution >= 0.6 is 11.6 Å². The Balaban J connectivity index is 2.00. The molecule has 0 radical (unpaired) electrons. The van der Waals surface area contributed by atoms with Gasteiger partial charge in [-0.1, -0.05) is 23.7 Å². The molecule has 0 saturated heterocycles. The molecule has 0 aliphatic carbocycles. The van der Waals surface area contributed by atoms with Gasteiger partial charge in [0.1, 0.15) is 11.5 Å². The fourth-order valence-corrected chi connectivity index (χ4v) is 2.72. The molecule has 0 N–H and O–H groups in total. The molecule has 0 saturated carbocycles. The summed E-state index contributed by atoms with van der Waals surface area (Å²) >= 11 is 5.82. The summed E-state index contributed by atoms with van der Waals surface area (Å²) in [4.78, 5) is 21.0. The van der Waals surface area contributed by atoms with Crippen molar-refractivity contribution >= 4 is 34.6 Å². The minimum Gasteiger partial charge on any atom is -0.456 e. The highest BCUT2D eigenvalue weighted by molar-refractivity contribution is 6.30. The van der Waals surface area contributed by atoms with Gasteiger partial charge in [-0.05, 0) is 35.9 Å². The zero-order valence-corrected chi connectivity index (χ0v) is 14.8. The van der Waals surface area contributed by atoms with Crippen molar-refractivity contribution in [3.05, 3.63) is 91.2 Å². The molecule has 0 unspecified atom stereocenters. The van der Waals surface area contributed by atoms with Crippen LogP contribution in [0, 0.1) is 31.6 Å². The van der Waals surface area contributed by atoms with E-state index in [4.69, 9.17) is 16.0 Å². The lowest BCUT2D eigenvalue weighted by Crippen LogP contribution is -1.91. The zero-order chi connectivity index (χ0) is 20.3. The monoisotopic (exact) mass is 395 g/mol. The van der Waals surface area contributed by atoms with Crippen LogP contribution in [-0.4, -0.2) is 9.85 Å². The van der Waals surface area contributed by atoms with Gasteiger partial charge in [-0.25, -0.2) is 0 Å². The van der Waals surface area contributed by atoms with Crippen molar-refractivity contribution in [2.75, 3.05) is 0 Å². The van der Waals surface area contributed by atoms with Crippen molar-refractivity contribution < 1.29 is 14.3 Å². The number of halogens is 1. The van der Waals surface area contributed by atoms with Crippen LogP contribution in [0.5, 0.6) is 0 Å². The van der Waals surface area contributed by atoms with E-state index in [0.29, 0.717) is 5.56 Å². The largest absolute Gasteiger partial charge is 0.456 e. The van der Waals surface area contributed by atoms with Crippen molar-refractivity contribution in [3.8, 4) is 17.4 Å². The van der Waals surface area contributed by atoms with Crippen LogP contribution in [-0.2, 0) is 0 Å². The van der Waals surface area contributed by atoms with Gasteiger partial charge in [-0.3, -0.25) is 20.2 Å². The summed E-state index contributed by atoms with van der Waals surface area (Å²) in [6.07, 6.45) is 1.41. The first-order chi connectivity index (χ1) is 13.4. The van der Waals surface area contributed by atoms with Gasteiger partial charge >= 0.3 is 0 Å². The Bertz CT molecular complexity index is 1160. The number of rotatable bonds is 5. The van der Waals surface area contributed by atoms with Crippen molar-refractivity contribution in [2.45, 2.75) is 0 Å². The van der Waals surface area contributed by atoms with Gasteiger partial charge in [-0.2, -0.15) is 5.26 Å². The lowest BCUT2D eigenvalue weighted by molar-refractivity contribution is -0.384. The van der Waals surface area contributed by atoms with E-state index in [1.807, 2.05) is 6.07 Å². The second-order valence-electron chi connectivity index (χ2n) is 5.60. The van der Waals surface area contributed by atoms with E-state index in [1.165, 1.54) is 48.5 Å². The highest BCUT2D eigenvalue weighted by atomic mass is 35.5. The van der Waals surface area contributed by atoms with Gasteiger partial charge in [0, 0.05) is 23.2 Å². The SMILES string of the molecule is N#CC(=Cc1ccc(-c2ccc(Cl)cc2[N+](=O)[O-])o1)c1cccc([N+](=O)[O-])c1. The molecular weight excluding hydrogens is 386 g/mol. The van der Waals surface area contributed by atoms with Crippen LogP contribution in [0.1, 0.15) is 11.3 Å². The summed E-state index contributed by atoms with van der Waals surface area (Å²) in [5.41, 5.74) is 0.386. The average Bonchev–Trinajstić information content (AvgIpc) is 3.14. The number of hydrogen-bond donors (Lipinski definition) is 0. The van der Waals surface area contributed by atoms with E-state index >= 15 is 0 Å². The molecule has 1 aromatic heterocycles. The summed E-state index contributed by atoms with van der Waals surface area (Å²) in [6, 6.07) is 14.9. The Hall–Kier alpha value is -3.96. The number of non-ortho nitro benzene ring substituents is 1. The van der Waals surface area contributed by atoms with Crippen LogP contribution < -0.4 is 0 Å². The topological polar surface area (TPSA) is 123 Å². The van der Waals surface area contributed by atoms with E-state index in [9.17, 15) is 25.5 Å². The minimum atomic E-state index is -0.566. The van der Waals surface area contributed by atoms with Crippen LogP contribution in [0.15, 0.2) is 59.0 Å². The molecule has 0 aliphatic heterocycles. The Kier molecular flexibility index (Phi) is 5.20. The predicted molar refractivity (Wildman–Crippen MR) is 102 cm³/mol. The maximum Gasteiger partial charge on any atom is 0.281 e.